The maximum Gasteiger partial charge on any atom is 0.254 e. The minimum absolute atomic E-state index is 0.0860. The fraction of sp³-hybridized carbons (Fsp3) is 0.143. The summed E-state index contributed by atoms with van der Waals surface area (Å²) in [5.41, 5.74) is 6.95. The second-order valence-corrected chi connectivity index (χ2v) is 4.26. The Labute approximate surface area is 111 Å². The number of nitrogens with two attached hydrogens (primary N) is 1. The van der Waals surface area contributed by atoms with Crippen molar-refractivity contribution in [2.45, 2.75) is 6.54 Å². The molecule has 0 aliphatic carbocycles. The summed E-state index contributed by atoms with van der Waals surface area (Å²) in [5, 5.41) is 9.51. The van der Waals surface area contributed by atoms with Crippen molar-refractivity contribution in [3.05, 3.63) is 53.9 Å². The number of carbonyl (C=O) groups is 1. The summed E-state index contributed by atoms with van der Waals surface area (Å²) in [5.74, 6) is -0.280. The van der Waals surface area contributed by atoms with Crippen molar-refractivity contribution in [1.82, 2.24) is 9.88 Å². The summed E-state index contributed by atoms with van der Waals surface area (Å²) < 4.78 is 0. The van der Waals surface area contributed by atoms with Crippen LogP contribution in [0.3, 0.4) is 0 Å². The van der Waals surface area contributed by atoms with Gasteiger partial charge in [-0.25, -0.2) is 0 Å². The van der Waals surface area contributed by atoms with E-state index in [-0.39, 0.29) is 17.3 Å². The van der Waals surface area contributed by atoms with Crippen LogP contribution in [0.15, 0.2) is 42.6 Å². The number of phenols is 1. The van der Waals surface area contributed by atoms with Crippen molar-refractivity contribution >= 4 is 11.6 Å². The lowest BCUT2D eigenvalue weighted by Crippen LogP contribution is -2.26. The monoisotopic (exact) mass is 257 g/mol. The van der Waals surface area contributed by atoms with E-state index in [0.29, 0.717) is 12.1 Å². The molecular weight excluding hydrogens is 242 g/mol. The Bertz CT molecular complexity index is 584. The third kappa shape index (κ3) is 3.01. The van der Waals surface area contributed by atoms with Crippen LogP contribution in [0.25, 0.3) is 0 Å². The SMILES string of the molecule is CN(Cc1ccccn1)C(=O)c1ccc(N)c(O)c1. The van der Waals surface area contributed by atoms with Crippen LogP contribution >= 0.6 is 0 Å². The number of benzene rings is 1. The standard InChI is InChI=1S/C14H15N3O2/c1-17(9-11-4-2-3-7-16-11)14(19)10-5-6-12(15)13(18)8-10/h2-8,18H,9,15H2,1H3. The maximum absolute atomic E-state index is 12.2. The Balaban J connectivity index is 2.12. The van der Waals surface area contributed by atoms with Gasteiger partial charge in [0.2, 0.25) is 0 Å². The van der Waals surface area contributed by atoms with Crippen molar-refractivity contribution in [3.8, 4) is 5.75 Å². The molecule has 0 bridgehead atoms. The van der Waals surface area contributed by atoms with Gasteiger partial charge in [0.15, 0.2) is 0 Å². The largest absolute Gasteiger partial charge is 0.506 e. The second kappa shape index (κ2) is 5.39. The molecule has 1 amide bonds. The quantitative estimate of drug-likeness (QED) is 0.647. The number of aromatic nitrogens is 1. The lowest BCUT2D eigenvalue weighted by molar-refractivity contribution is 0.0783. The number of pyridine rings is 1. The van der Waals surface area contributed by atoms with Crippen LogP contribution in [0.2, 0.25) is 0 Å². The van der Waals surface area contributed by atoms with Crippen LogP contribution < -0.4 is 5.73 Å². The fourth-order valence-electron chi connectivity index (χ4n) is 1.70. The van der Waals surface area contributed by atoms with Gasteiger partial charge in [0.25, 0.3) is 5.91 Å². The van der Waals surface area contributed by atoms with Crippen molar-refractivity contribution in [2.75, 3.05) is 12.8 Å². The Kier molecular flexibility index (Phi) is 3.66. The van der Waals surface area contributed by atoms with Crippen molar-refractivity contribution in [2.24, 2.45) is 0 Å². The summed E-state index contributed by atoms with van der Waals surface area (Å²) in [7, 11) is 1.68. The third-order valence-corrected chi connectivity index (χ3v) is 2.75. The molecule has 0 saturated heterocycles. The summed E-state index contributed by atoms with van der Waals surface area (Å²) >= 11 is 0. The molecule has 0 aliphatic heterocycles. The van der Waals surface area contributed by atoms with E-state index in [1.54, 1.807) is 19.3 Å². The van der Waals surface area contributed by atoms with Gasteiger partial charge in [0, 0.05) is 18.8 Å². The average Bonchev–Trinajstić information content (AvgIpc) is 2.42. The first-order chi connectivity index (χ1) is 9.08. The zero-order chi connectivity index (χ0) is 13.8. The Morgan fingerprint density at radius 3 is 2.79 bits per heavy atom. The van der Waals surface area contributed by atoms with Crippen molar-refractivity contribution in [3.63, 3.8) is 0 Å². The average molecular weight is 257 g/mol. The molecule has 5 heteroatoms. The molecule has 0 spiro atoms. The number of carbonyl (C=O) groups excluding carboxylic acids is 1. The van der Waals surface area contributed by atoms with Gasteiger partial charge < -0.3 is 15.7 Å². The summed E-state index contributed by atoms with van der Waals surface area (Å²) in [4.78, 5) is 17.9. The zero-order valence-electron chi connectivity index (χ0n) is 10.6. The van der Waals surface area contributed by atoms with E-state index in [0.717, 1.165) is 5.69 Å². The first kappa shape index (κ1) is 12.9. The number of anilines is 1. The predicted molar refractivity (Wildman–Crippen MR) is 72.6 cm³/mol. The molecule has 1 aromatic carbocycles. The van der Waals surface area contributed by atoms with Gasteiger partial charge in [-0.2, -0.15) is 0 Å². The van der Waals surface area contributed by atoms with E-state index < -0.39 is 0 Å². The number of nitrogens with zero attached hydrogens (tertiary/aromatic N) is 2. The minimum atomic E-state index is -0.194. The van der Waals surface area contributed by atoms with Crippen LogP contribution in [0.4, 0.5) is 5.69 Å². The van der Waals surface area contributed by atoms with Gasteiger partial charge in [-0.05, 0) is 30.3 Å². The number of phenolic OH excluding ortho intramolecular Hbond substituents is 1. The van der Waals surface area contributed by atoms with Gasteiger partial charge in [0.1, 0.15) is 5.75 Å². The van der Waals surface area contributed by atoms with E-state index in [9.17, 15) is 9.90 Å². The number of amides is 1. The topological polar surface area (TPSA) is 79.5 Å². The minimum Gasteiger partial charge on any atom is -0.506 e. The van der Waals surface area contributed by atoms with Crippen LogP contribution in [0, 0.1) is 0 Å². The second-order valence-electron chi connectivity index (χ2n) is 4.26. The molecule has 0 unspecified atom stereocenters. The van der Waals surface area contributed by atoms with E-state index in [2.05, 4.69) is 4.98 Å². The van der Waals surface area contributed by atoms with E-state index in [1.165, 1.54) is 17.0 Å². The molecule has 0 saturated carbocycles. The summed E-state index contributed by atoms with van der Waals surface area (Å²) in [6.07, 6.45) is 1.68. The maximum atomic E-state index is 12.2. The van der Waals surface area contributed by atoms with E-state index >= 15 is 0 Å². The molecule has 1 aromatic heterocycles. The lowest BCUT2D eigenvalue weighted by Gasteiger charge is -2.17. The fourth-order valence-corrected chi connectivity index (χ4v) is 1.70. The van der Waals surface area contributed by atoms with Gasteiger partial charge in [-0.1, -0.05) is 6.07 Å². The number of rotatable bonds is 3. The predicted octanol–water partition coefficient (Wildman–Crippen LogP) is 1.64. The molecule has 0 fully saturated rings. The zero-order valence-corrected chi connectivity index (χ0v) is 10.6. The third-order valence-electron chi connectivity index (χ3n) is 2.75. The number of aromatic hydroxyl groups is 1. The summed E-state index contributed by atoms with van der Waals surface area (Å²) in [6.45, 7) is 0.408. The van der Waals surface area contributed by atoms with Gasteiger partial charge in [0.05, 0.1) is 17.9 Å². The number of nitrogen functional groups attached to an aromatic ring is 1. The van der Waals surface area contributed by atoms with E-state index in [1.807, 2.05) is 18.2 Å². The van der Waals surface area contributed by atoms with Gasteiger partial charge in [-0.3, -0.25) is 9.78 Å². The highest BCUT2D eigenvalue weighted by Crippen LogP contribution is 2.21. The molecule has 0 radical (unpaired) electrons. The Morgan fingerprint density at radius 1 is 1.37 bits per heavy atom. The van der Waals surface area contributed by atoms with Crippen LogP contribution in [-0.4, -0.2) is 27.9 Å². The van der Waals surface area contributed by atoms with E-state index in [4.69, 9.17) is 5.73 Å². The molecule has 0 aliphatic rings. The molecule has 0 atom stereocenters. The Hall–Kier alpha value is -2.56. The molecule has 3 N–H and O–H groups in total. The highest BCUT2D eigenvalue weighted by atomic mass is 16.3. The number of hydrogen-bond donors (Lipinski definition) is 2. The molecule has 2 rings (SSSR count). The smallest absolute Gasteiger partial charge is 0.254 e. The van der Waals surface area contributed by atoms with Crippen LogP contribution in [-0.2, 0) is 6.54 Å². The first-order valence-electron chi connectivity index (χ1n) is 5.82. The van der Waals surface area contributed by atoms with Crippen LogP contribution in [0.1, 0.15) is 16.1 Å². The first-order valence-corrected chi connectivity index (χ1v) is 5.82. The van der Waals surface area contributed by atoms with Gasteiger partial charge in [-0.15, -0.1) is 0 Å². The van der Waals surface area contributed by atoms with Crippen molar-refractivity contribution in [1.29, 1.82) is 0 Å². The molecule has 5 nitrogen and oxygen atoms in total. The molecule has 98 valence electrons. The molecule has 19 heavy (non-hydrogen) atoms. The highest BCUT2D eigenvalue weighted by molar-refractivity contribution is 5.95. The molecule has 1 heterocycles. The Morgan fingerprint density at radius 2 is 2.16 bits per heavy atom. The highest BCUT2D eigenvalue weighted by Gasteiger charge is 2.13. The van der Waals surface area contributed by atoms with Crippen molar-refractivity contribution < 1.29 is 9.90 Å². The molecular formula is C14H15N3O2. The lowest BCUT2D eigenvalue weighted by atomic mass is 10.1. The van der Waals surface area contributed by atoms with Gasteiger partial charge >= 0.3 is 0 Å². The number of hydrogen-bond acceptors (Lipinski definition) is 4. The molecule has 2 aromatic rings. The normalized spacial score (nSPS) is 10.2. The summed E-state index contributed by atoms with van der Waals surface area (Å²) in [6, 6.07) is 10.0. The van der Waals surface area contributed by atoms with Crippen LogP contribution in [0.5, 0.6) is 5.75 Å².